The van der Waals surface area contributed by atoms with Gasteiger partial charge in [-0.15, -0.1) is 0 Å². The van der Waals surface area contributed by atoms with E-state index in [9.17, 15) is 0 Å². The van der Waals surface area contributed by atoms with Gasteiger partial charge in [0.05, 0.1) is 0 Å². The van der Waals surface area contributed by atoms with Crippen LogP contribution in [0.2, 0.25) is 0 Å². The van der Waals surface area contributed by atoms with Crippen LogP contribution in [0, 0.1) is 0 Å². The summed E-state index contributed by atoms with van der Waals surface area (Å²) in [6.45, 7) is 4.56. The van der Waals surface area contributed by atoms with Gasteiger partial charge in [0.25, 0.3) is 0 Å². The van der Waals surface area contributed by atoms with Crippen molar-refractivity contribution in [3.63, 3.8) is 0 Å². The van der Waals surface area contributed by atoms with Crippen LogP contribution in [0.25, 0.3) is 10.8 Å². The maximum Gasteiger partial charge on any atom is 0.0415 e. The highest BCUT2D eigenvalue weighted by Gasteiger charge is 2.13. The van der Waals surface area contributed by atoms with E-state index < -0.39 is 0 Å². The van der Waals surface area contributed by atoms with Crippen molar-refractivity contribution in [2.75, 3.05) is 12.8 Å². The number of nitrogens with one attached hydrogen (secondary N) is 1. The number of fused-ring (bicyclic) bond motifs is 1. The quantitative estimate of drug-likeness (QED) is 0.823. The normalized spacial score (nSPS) is 14.5. The Bertz CT molecular complexity index is 518. The van der Waals surface area contributed by atoms with Gasteiger partial charge in [0.15, 0.2) is 0 Å². The van der Waals surface area contributed by atoms with Crippen LogP contribution in [0.1, 0.15) is 31.9 Å². The Morgan fingerprint density at radius 2 is 1.84 bits per heavy atom. The fourth-order valence-corrected chi connectivity index (χ4v) is 3.36. The third-order valence-electron chi connectivity index (χ3n) is 3.67. The smallest absolute Gasteiger partial charge is 0.0415 e. The topological polar surface area (TPSA) is 12.0 Å². The highest BCUT2D eigenvalue weighted by atomic mass is 32.2. The van der Waals surface area contributed by atoms with E-state index in [1.807, 2.05) is 11.8 Å². The van der Waals surface area contributed by atoms with Gasteiger partial charge in [-0.3, -0.25) is 0 Å². The zero-order valence-electron chi connectivity index (χ0n) is 12.0. The molecule has 0 saturated heterocycles. The Kier molecular flexibility index (Phi) is 5.29. The molecule has 0 radical (unpaired) electrons. The van der Waals surface area contributed by atoms with Crippen molar-refractivity contribution in [3.8, 4) is 0 Å². The molecular formula is C17H23NS. The van der Waals surface area contributed by atoms with Crippen molar-refractivity contribution >= 4 is 22.5 Å². The summed E-state index contributed by atoms with van der Waals surface area (Å²) < 4.78 is 0. The molecule has 0 heterocycles. The summed E-state index contributed by atoms with van der Waals surface area (Å²) >= 11 is 2.05. The lowest BCUT2D eigenvalue weighted by atomic mass is 10.00. The molecule has 2 heteroatoms. The van der Waals surface area contributed by atoms with Crippen LogP contribution < -0.4 is 5.32 Å². The first-order valence-corrected chi connectivity index (χ1v) is 8.07. The lowest BCUT2D eigenvalue weighted by Crippen LogP contribution is -2.20. The van der Waals surface area contributed by atoms with E-state index >= 15 is 0 Å². The molecule has 0 amide bonds. The minimum absolute atomic E-state index is 0.421. The van der Waals surface area contributed by atoms with Crippen LogP contribution in [-0.4, -0.2) is 18.1 Å². The molecule has 102 valence electrons. The predicted octanol–water partition coefficient (Wildman–Crippen LogP) is 4.63. The summed E-state index contributed by atoms with van der Waals surface area (Å²) in [6, 6.07) is 15.7. The lowest BCUT2D eigenvalue weighted by Gasteiger charge is -2.20. The first kappa shape index (κ1) is 14.4. The van der Waals surface area contributed by atoms with Gasteiger partial charge in [0, 0.05) is 17.0 Å². The molecule has 19 heavy (non-hydrogen) atoms. The highest BCUT2D eigenvalue weighted by Crippen LogP contribution is 2.28. The maximum absolute atomic E-state index is 3.47. The molecule has 0 aromatic heterocycles. The van der Waals surface area contributed by atoms with Gasteiger partial charge in [-0.05, 0) is 29.8 Å². The van der Waals surface area contributed by atoms with Gasteiger partial charge in [0.2, 0.25) is 0 Å². The minimum Gasteiger partial charge on any atom is -0.312 e. The second-order valence-electron chi connectivity index (χ2n) is 4.96. The number of benzene rings is 2. The molecule has 0 saturated carbocycles. The zero-order valence-corrected chi connectivity index (χ0v) is 12.8. The first-order chi connectivity index (χ1) is 9.26. The molecule has 2 aromatic carbocycles. The molecule has 0 aliphatic carbocycles. The Hall–Kier alpha value is -0.990. The summed E-state index contributed by atoms with van der Waals surface area (Å²) in [7, 11) is 2.06. The van der Waals surface area contributed by atoms with Crippen molar-refractivity contribution < 1.29 is 0 Å². The van der Waals surface area contributed by atoms with E-state index in [0.717, 1.165) is 11.0 Å². The second-order valence-corrected chi connectivity index (χ2v) is 6.43. The van der Waals surface area contributed by atoms with E-state index in [2.05, 4.69) is 68.7 Å². The molecule has 0 aliphatic rings. The molecule has 2 rings (SSSR count). The molecule has 1 nitrogen and oxygen atoms in total. The van der Waals surface area contributed by atoms with E-state index in [4.69, 9.17) is 0 Å². The molecular weight excluding hydrogens is 250 g/mol. The van der Waals surface area contributed by atoms with Crippen LogP contribution in [0.3, 0.4) is 0 Å². The van der Waals surface area contributed by atoms with Crippen LogP contribution >= 0.6 is 11.8 Å². The molecule has 1 N–H and O–H groups in total. The van der Waals surface area contributed by atoms with E-state index in [1.54, 1.807) is 0 Å². The minimum atomic E-state index is 0.421. The Labute approximate surface area is 120 Å². The molecule has 0 aliphatic heterocycles. The molecule has 0 spiro atoms. The van der Waals surface area contributed by atoms with Crippen LogP contribution in [0.5, 0.6) is 0 Å². The Balaban J connectivity index is 2.25. The van der Waals surface area contributed by atoms with Crippen molar-refractivity contribution in [1.29, 1.82) is 0 Å². The molecule has 2 atom stereocenters. The average molecular weight is 273 g/mol. The summed E-state index contributed by atoms with van der Waals surface area (Å²) in [4.78, 5) is 0. The van der Waals surface area contributed by atoms with Gasteiger partial charge < -0.3 is 5.32 Å². The molecule has 2 unspecified atom stereocenters. The Morgan fingerprint density at radius 3 is 2.58 bits per heavy atom. The van der Waals surface area contributed by atoms with Crippen molar-refractivity contribution in [3.05, 3.63) is 48.0 Å². The van der Waals surface area contributed by atoms with Crippen LogP contribution in [-0.2, 0) is 0 Å². The summed E-state index contributed by atoms with van der Waals surface area (Å²) in [5, 5.41) is 6.89. The van der Waals surface area contributed by atoms with Crippen LogP contribution in [0.4, 0.5) is 0 Å². The van der Waals surface area contributed by atoms with Crippen LogP contribution in [0.15, 0.2) is 42.5 Å². The molecule has 2 aromatic rings. The third-order valence-corrected chi connectivity index (χ3v) is 5.10. The summed E-state index contributed by atoms with van der Waals surface area (Å²) in [5.74, 6) is 1.12. The van der Waals surface area contributed by atoms with Crippen molar-refractivity contribution in [2.45, 2.75) is 31.6 Å². The van der Waals surface area contributed by atoms with Gasteiger partial charge in [-0.2, -0.15) is 11.8 Å². The summed E-state index contributed by atoms with van der Waals surface area (Å²) in [6.07, 6.45) is 1.23. The highest BCUT2D eigenvalue weighted by molar-refractivity contribution is 7.99. The summed E-state index contributed by atoms with van der Waals surface area (Å²) in [5.41, 5.74) is 1.41. The number of hydrogen-bond donors (Lipinski definition) is 1. The SMILES string of the molecule is CCC(C)SCC(NC)c1cccc2ccccc12. The third kappa shape index (κ3) is 3.52. The van der Waals surface area contributed by atoms with Crippen molar-refractivity contribution in [2.24, 2.45) is 0 Å². The average Bonchev–Trinajstić information content (AvgIpc) is 2.47. The number of hydrogen-bond acceptors (Lipinski definition) is 2. The van der Waals surface area contributed by atoms with Gasteiger partial charge in [-0.25, -0.2) is 0 Å². The lowest BCUT2D eigenvalue weighted by molar-refractivity contribution is 0.665. The Morgan fingerprint density at radius 1 is 1.11 bits per heavy atom. The van der Waals surface area contributed by atoms with E-state index in [0.29, 0.717) is 6.04 Å². The molecule has 0 bridgehead atoms. The van der Waals surface area contributed by atoms with Gasteiger partial charge in [-0.1, -0.05) is 56.3 Å². The fourth-order valence-electron chi connectivity index (χ4n) is 2.26. The maximum atomic E-state index is 3.47. The van der Waals surface area contributed by atoms with Gasteiger partial charge >= 0.3 is 0 Å². The molecule has 0 fully saturated rings. The predicted molar refractivity (Wildman–Crippen MR) is 88.0 cm³/mol. The van der Waals surface area contributed by atoms with Crippen molar-refractivity contribution in [1.82, 2.24) is 5.32 Å². The standard InChI is InChI=1S/C17H23NS/c1-4-13(2)19-12-17(18-3)16-11-7-9-14-8-5-6-10-15(14)16/h5-11,13,17-18H,4,12H2,1-3H3. The number of thioether (sulfide) groups is 1. The largest absolute Gasteiger partial charge is 0.312 e. The first-order valence-electron chi connectivity index (χ1n) is 7.02. The zero-order chi connectivity index (χ0) is 13.7. The van der Waals surface area contributed by atoms with E-state index in [-0.39, 0.29) is 0 Å². The fraction of sp³-hybridized carbons (Fsp3) is 0.412. The van der Waals surface area contributed by atoms with Gasteiger partial charge in [0.1, 0.15) is 0 Å². The monoisotopic (exact) mass is 273 g/mol. The number of rotatable bonds is 6. The van der Waals surface area contributed by atoms with E-state index in [1.165, 1.54) is 22.8 Å². The second kappa shape index (κ2) is 6.97.